The molecule has 6 nitrogen and oxygen atoms in total. The van der Waals surface area contributed by atoms with Crippen LogP contribution in [0.25, 0.3) is 0 Å². The van der Waals surface area contributed by atoms with Gasteiger partial charge in [0.05, 0.1) is 23.7 Å². The molecule has 1 saturated heterocycles. The molecular formula is C23H23N3O3. The quantitative estimate of drug-likeness (QED) is 0.673. The van der Waals surface area contributed by atoms with Gasteiger partial charge in [0.1, 0.15) is 0 Å². The SMILES string of the molecule is CC(c1ccccc1)N1CCCN(c2ccccc2NC(=O)c2ccco2)C1=O. The molecule has 3 amide bonds. The molecule has 2 heterocycles. The van der Waals surface area contributed by atoms with E-state index in [1.54, 1.807) is 23.1 Å². The van der Waals surface area contributed by atoms with Crippen LogP contribution in [0.1, 0.15) is 35.5 Å². The van der Waals surface area contributed by atoms with Gasteiger partial charge in [-0.1, -0.05) is 42.5 Å². The maximum Gasteiger partial charge on any atom is 0.325 e. The summed E-state index contributed by atoms with van der Waals surface area (Å²) >= 11 is 0. The van der Waals surface area contributed by atoms with E-state index in [1.807, 2.05) is 60.4 Å². The van der Waals surface area contributed by atoms with Crippen molar-refractivity contribution in [3.8, 4) is 0 Å². The van der Waals surface area contributed by atoms with Crippen molar-refractivity contribution in [3.63, 3.8) is 0 Å². The van der Waals surface area contributed by atoms with Crippen LogP contribution < -0.4 is 10.2 Å². The van der Waals surface area contributed by atoms with Gasteiger partial charge in [-0.05, 0) is 43.2 Å². The Balaban J connectivity index is 1.58. The molecule has 0 bridgehead atoms. The van der Waals surface area contributed by atoms with Gasteiger partial charge in [-0.15, -0.1) is 0 Å². The predicted molar refractivity (Wildman–Crippen MR) is 112 cm³/mol. The lowest BCUT2D eigenvalue weighted by Gasteiger charge is -2.39. The Morgan fingerprint density at radius 2 is 1.76 bits per heavy atom. The molecule has 148 valence electrons. The van der Waals surface area contributed by atoms with Gasteiger partial charge in [0.2, 0.25) is 0 Å². The van der Waals surface area contributed by atoms with Crippen LogP contribution in [0.2, 0.25) is 0 Å². The number of para-hydroxylation sites is 2. The molecule has 1 atom stereocenters. The number of nitrogens with zero attached hydrogens (tertiary/aromatic N) is 2. The predicted octanol–water partition coefficient (Wildman–Crippen LogP) is 4.93. The van der Waals surface area contributed by atoms with E-state index in [0.29, 0.717) is 24.5 Å². The van der Waals surface area contributed by atoms with E-state index in [1.165, 1.54) is 6.26 Å². The fourth-order valence-corrected chi connectivity index (χ4v) is 3.65. The number of rotatable bonds is 5. The minimum atomic E-state index is -0.346. The molecular weight excluding hydrogens is 366 g/mol. The zero-order valence-corrected chi connectivity index (χ0v) is 16.2. The van der Waals surface area contributed by atoms with Gasteiger partial charge in [-0.2, -0.15) is 0 Å². The standard InChI is InChI=1S/C23H23N3O3/c1-17(18-9-3-2-4-10-18)25-14-8-15-26(23(25)28)20-12-6-5-11-19(20)24-22(27)21-13-7-16-29-21/h2-7,9-13,16-17H,8,14-15H2,1H3,(H,24,27). The Morgan fingerprint density at radius 1 is 1.00 bits per heavy atom. The molecule has 0 radical (unpaired) electrons. The number of hydrogen-bond acceptors (Lipinski definition) is 3. The molecule has 6 heteroatoms. The first kappa shape index (κ1) is 18.8. The summed E-state index contributed by atoms with van der Waals surface area (Å²) in [7, 11) is 0. The summed E-state index contributed by atoms with van der Waals surface area (Å²) in [6.07, 6.45) is 2.31. The minimum Gasteiger partial charge on any atom is -0.459 e. The molecule has 1 aliphatic heterocycles. The third-order valence-electron chi connectivity index (χ3n) is 5.19. The van der Waals surface area contributed by atoms with Gasteiger partial charge in [-0.25, -0.2) is 4.79 Å². The second kappa shape index (κ2) is 8.22. The summed E-state index contributed by atoms with van der Waals surface area (Å²) in [5.41, 5.74) is 2.36. The highest BCUT2D eigenvalue weighted by Gasteiger charge is 2.31. The number of amides is 3. The molecule has 1 fully saturated rings. The van der Waals surface area contributed by atoms with Crippen LogP contribution in [-0.2, 0) is 0 Å². The van der Waals surface area contributed by atoms with E-state index < -0.39 is 0 Å². The number of nitrogens with one attached hydrogen (secondary N) is 1. The third kappa shape index (κ3) is 3.87. The lowest BCUT2D eigenvalue weighted by Crippen LogP contribution is -2.50. The second-order valence-electron chi connectivity index (χ2n) is 7.02. The normalized spacial score (nSPS) is 15.3. The Kier molecular flexibility index (Phi) is 5.33. The summed E-state index contributed by atoms with van der Waals surface area (Å²) in [6, 6.07) is 20.5. The lowest BCUT2D eigenvalue weighted by molar-refractivity contribution is 0.0996. The van der Waals surface area contributed by atoms with Crippen LogP contribution in [0.15, 0.2) is 77.4 Å². The topological polar surface area (TPSA) is 65.8 Å². The van der Waals surface area contributed by atoms with Crippen molar-refractivity contribution < 1.29 is 14.0 Å². The Labute approximate surface area is 169 Å². The molecule has 0 spiro atoms. The number of anilines is 2. The van der Waals surface area contributed by atoms with E-state index >= 15 is 0 Å². The molecule has 0 saturated carbocycles. The summed E-state index contributed by atoms with van der Waals surface area (Å²) in [6.45, 7) is 3.35. The summed E-state index contributed by atoms with van der Waals surface area (Å²) in [4.78, 5) is 29.4. The fraction of sp³-hybridized carbons (Fsp3) is 0.217. The first-order chi connectivity index (χ1) is 14.1. The minimum absolute atomic E-state index is 0.0311. The highest BCUT2D eigenvalue weighted by Crippen LogP contribution is 2.32. The first-order valence-corrected chi connectivity index (χ1v) is 9.72. The number of hydrogen-bond donors (Lipinski definition) is 1. The van der Waals surface area contributed by atoms with Crippen LogP contribution in [0.5, 0.6) is 0 Å². The van der Waals surface area contributed by atoms with Crippen molar-refractivity contribution in [1.82, 2.24) is 4.90 Å². The van der Waals surface area contributed by atoms with Crippen LogP contribution in [-0.4, -0.2) is 29.9 Å². The summed E-state index contributed by atoms with van der Waals surface area (Å²) in [5, 5.41) is 2.86. The molecule has 0 aliphatic carbocycles. The van der Waals surface area contributed by atoms with E-state index in [2.05, 4.69) is 5.32 Å². The van der Waals surface area contributed by atoms with Crippen LogP contribution in [0.3, 0.4) is 0 Å². The zero-order valence-electron chi connectivity index (χ0n) is 16.2. The molecule has 1 aromatic heterocycles. The van der Waals surface area contributed by atoms with Gasteiger partial charge < -0.3 is 14.6 Å². The monoisotopic (exact) mass is 389 g/mol. The molecule has 1 aliphatic rings. The average molecular weight is 389 g/mol. The van der Waals surface area contributed by atoms with Crippen molar-refractivity contribution in [2.75, 3.05) is 23.3 Å². The first-order valence-electron chi connectivity index (χ1n) is 9.72. The molecule has 2 aromatic carbocycles. The Morgan fingerprint density at radius 3 is 2.52 bits per heavy atom. The van der Waals surface area contributed by atoms with Crippen molar-refractivity contribution in [2.24, 2.45) is 0 Å². The van der Waals surface area contributed by atoms with E-state index in [0.717, 1.165) is 12.0 Å². The number of carbonyl (C=O) groups is 2. The van der Waals surface area contributed by atoms with Crippen molar-refractivity contribution in [1.29, 1.82) is 0 Å². The second-order valence-corrected chi connectivity index (χ2v) is 7.02. The summed E-state index contributed by atoms with van der Waals surface area (Å²) < 4.78 is 5.17. The van der Waals surface area contributed by atoms with Gasteiger partial charge in [0.25, 0.3) is 5.91 Å². The number of carbonyl (C=O) groups excluding carboxylic acids is 2. The van der Waals surface area contributed by atoms with E-state index in [4.69, 9.17) is 4.42 Å². The Hall–Kier alpha value is -3.54. The maximum atomic E-state index is 13.3. The maximum absolute atomic E-state index is 13.3. The molecule has 1 unspecified atom stereocenters. The largest absolute Gasteiger partial charge is 0.459 e. The molecule has 1 N–H and O–H groups in total. The molecule has 4 rings (SSSR count). The highest BCUT2D eigenvalue weighted by molar-refractivity contribution is 6.06. The van der Waals surface area contributed by atoms with Gasteiger partial charge in [-0.3, -0.25) is 9.69 Å². The number of benzene rings is 2. The Bertz CT molecular complexity index is 986. The van der Waals surface area contributed by atoms with Gasteiger partial charge >= 0.3 is 6.03 Å². The highest BCUT2D eigenvalue weighted by atomic mass is 16.3. The van der Waals surface area contributed by atoms with Crippen LogP contribution >= 0.6 is 0 Å². The zero-order chi connectivity index (χ0) is 20.2. The van der Waals surface area contributed by atoms with Crippen molar-refractivity contribution >= 4 is 23.3 Å². The van der Waals surface area contributed by atoms with Gasteiger partial charge in [0.15, 0.2) is 5.76 Å². The average Bonchev–Trinajstić information content (AvgIpc) is 3.30. The number of furan rings is 1. The van der Waals surface area contributed by atoms with E-state index in [9.17, 15) is 9.59 Å². The van der Waals surface area contributed by atoms with Crippen LogP contribution in [0.4, 0.5) is 16.2 Å². The molecule has 3 aromatic rings. The fourth-order valence-electron chi connectivity index (χ4n) is 3.65. The molecule has 29 heavy (non-hydrogen) atoms. The van der Waals surface area contributed by atoms with Crippen molar-refractivity contribution in [3.05, 3.63) is 84.3 Å². The van der Waals surface area contributed by atoms with E-state index in [-0.39, 0.29) is 23.7 Å². The third-order valence-corrected chi connectivity index (χ3v) is 5.19. The smallest absolute Gasteiger partial charge is 0.325 e. The van der Waals surface area contributed by atoms with Crippen molar-refractivity contribution in [2.45, 2.75) is 19.4 Å². The summed E-state index contributed by atoms with van der Waals surface area (Å²) in [5.74, 6) is -0.120. The number of urea groups is 1. The lowest BCUT2D eigenvalue weighted by atomic mass is 10.1. The van der Waals surface area contributed by atoms with Gasteiger partial charge in [0, 0.05) is 13.1 Å². The van der Waals surface area contributed by atoms with Crippen LogP contribution in [0, 0.1) is 0 Å².